The van der Waals surface area contributed by atoms with Gasteiger partial charge in [-0.1, -0.05) is 40.0 Å². The number of hydrogen-bond donors (Lipinski definition) is 1. The number of halogens is 1. The van der Waals surface area contributed by atoms with Crippen LogP contribution in [-0.4, -0.2) is 36.9 Å². The molecule has 0 fully saturated rings. The number of unbranched alkanes of at least 4 members (excludes halogenated alkanes) is 3. The molecule has 0 unspecified atom stereocenters. The summed E-state index contributed by atoms with van der Waals surface area (Å²) in [6.45, 7) is 14.8. The van der Waals surface area contributed by atoms with Gasteiger partial charge in [0.05, 0.1) is 12.2 Å². The molecule has 1 aromatic heterocycles. The third kappa shape index (κ3) is 8.25. The SMILES string of the molecule is CCCCc1oc2ccc(N)cc2c1C(=O)c1cc(C)c(OCCCN(CCCC)CCCC)c(C)c1.Cl. The Morgan fingerprint density at radius 1 is 0.895 bits per heavy atom. The number of nitrogen functional groups attached to an aromatic ring is 1. The fourth-order valence-electron chi connectivity index (χ4n) is 4.94. The summed E-state index contributed by atoms with van der Waals surface area (Å²) in [5.41, 5.74) is 10.7. The number of ether oxygens (including phenoxy) is 1. The summed E-state index contributed by atoms with van der Waals surface area (Å²) in [7, 11) is 0. The zero-order valence-electron chi connectivity index (χ0n) is 24.0. The third-order valence-corrected chi connectivity index (χ3v) is 7.01. The lowest BCUT2D eigenvalue weighted by molar-refractivity contribution is 0.103. The normalized spacial score (nSPS) is 11.2. The topological polar surface area (TPSA) is 68.7 Å². The van der Waals surface area contributed by atoms with Crippen molar-refractivity contribution in [3.63, 3.8) is 0 Å². The highest BCUT2D eigenvalue weighted by atomic mass is 35.5. The van der Waals surface area contributed by atoms with Crippen LogP contribution >= 0.6 is 12.4 Å². The molecule has 210 valence electrons. The molecule has 0 bridgehead atoms. The number of anilines is 1. The van der Waals surface area contributed by atoms with Crippen LogP contribution in [0.15, 0.2) is 34.7 Å². The first kappa shape index (κ1) is 31.7. The molecule has 5 nitrogen and oxygen atoms in total. The van der Waals surface area contributed by atoms with Crippen molar-refractivity contribution in [3.05, 3.63) is 58.3 Å². The predicted molar refractivity (Wildman–Crippen MR) is 162 cm³/mol. The summed E-state index contributed by atoms with van der Waals surface area (Å²) in [6.07, 6.45) is 8.68. The van der Waals surface area contributed by atoms with Crippen LogP contribution in [0, 0.1) is 13.8 Å². The van der Waals surface area contributed by atoms with Gasteiger partial charge in [0, 0.05) is 29.6 Å². The maximum Gasteiger partial charge on any atom is 0.197 e. The highest BCUT2D eigenvalue weighted by Gasteiger charge is 2.23. The fourth-order valence-corrected chi connectivity index (χ4v) is 4.94. The molecule has 0 spiro atoms. The van der Waals surface area contributed by atoms with Gasteiger partial charge in [0.1, 0.15) is 17.1 Å². The predicted octanol–water partition coefficient (Wildman–Crippen LogP) is 8.30. The molecule has 1 heterocycles. The quantitative estimate of drug-likeness (QED) is 0.112. The van der Waals surface area contributed by atoms with Gasteiger partial charge >= 0.3 is 0 Å². The third-order valence-electron chi connectivity index (χ3n) is 7.01. The van der Waals surface area contributed by atoms with Crippen molar-refractivity contribution in [2.45, 2.75) is 86.0 Å². The van der Waals surface area contributed by atoms with E-state index in [1.54, 1.807) is 0 Å². The number of carbonyl (C=O) groups is 1. The van der Waals surface area contributed by atoms with Crippen molar-refractivity contribution in [3.8, 4) is 5.75 Å². The minimum absolute atomic E-state index is 0. The Kier molecular flexibility index (Phi) is 13.2. The summed E-state index contributed by atoms with van der Waals surface area (Å²) in [5, 5.41) is 0.794. The van der Waals surface area contributed by atoms with Gasteiger partial charge in [-0.3, -0.25) is 4.79 Å². The van der Waals surface area contributed by atoms with E-state index in [1.807, 2.05) is 44.2 Å². The lowest BCUT2D eigenvalue weighted by Crippen LogP contribution is -2.28. The monoisotopic (exact) mass is 542 g/mol. The second-order valence-corrected chi connectivity index (χ2v) is 10.3. The summed E-state index contributed by atoms with van der Waals surface area (Å²) in [6, 6.07) is 9.43. The number of benzene rings is 2. The van der Waals surface area contributed by atoms with Gasteiger partial charge in [0.15, 0.2) is 5.78 Å². The summed E-state index contributed by atoms with van der Waals surface area (Å²) < 4.78 is 12.4. The Labute approximate surface area is 235 Å². The first-order valence-electron chi connectivity index (χ1n) is 14.2. The highest BCUT2D eigenvalue weighted by molar-refractivity contribution is 6.17. The number of hydrogen-bond acceptors (Lipinski definition) is 5. The van der Waals surface area contributed by atoms with Gasteiger partial charge in [0.2, 0.25) is 0 Å². The molecule has 0 aliphatic rings. The van der Waals surface area contributed by atoms with Crippen LogP contribution in [0.25, 0.3) is 11.0 Å². The van der Waals surface area contributed by atoms with E-state index in [4.69, 9.17) is 14.9 Å². The molecule has 0 atom stereocenters. The summed E-state index contributed by atoms with van der Waals surface area (Å²) in [5.74, 6) is 1.62. The van der Waals surface area contributed by atoms with Gasteiger partial charge in [0.25, 0.3) is 0 Å². The maximum atomic E-state index is 13.8. The van der Waals surface area contributed by atoms with Crippen LogP contribution in [0.1, 0.15) is 98.5 Å². The van der Waals surface area contributed by atoms with Crippen molar-refractivity contribution in [2.75, 3.05) is 32.0 Å². The minimum Gasteiger partial charge on any atom is -0.493 e. The van der Waals surface area contributed by atoms with Gasteiger partial charge in [-0.05, 0) is 94.1 Å². The zero-order chi connectivity index (χ0) is 26.8. The Bertz CT molecular complexity index is 1140. The van der Waals surface area contributed by atoms with Crippen LogP contribution < -0.4 is 10.5 Å². The van der Waals surface area contributed by atoms with E-state index in [0.717, 1.165) is 60.3 Å². The number of rotatable bonds is 16. The second kappa shape index (κ2) is 15.8. The van der Waals surface area contributed by atoms with Crippen molar-refractivity contribution >= 4 is 34.8 Å². The van der Waals surface area contributed by atoms with Crippen molar-refractivity contribution < 1.29 is 13.9 Å². The lowest BCUT2D eigenvalue weighted by Gasteiger charge is -2.22. The molecule has 0 amide bonds. The first-order chi connectivity index (χ1) is 17.9. The molecular formula is C32H47ClN2O3. The number of nitrogens with two attached hydrogens (primary N) is 1. The fraction of sp³-hybridized carbons (Fsp3) is 0.531. The second-order valence-electron chi connectivity index (χ2n) is 10.3. The Hall–Kier alpha value is -2.50. The van der Waals surface area contributed by atoms with E-state index in [9.17, 15) is 4.79 Å². The van der Waals surface area contributed by atoms with Gasteiger partial charge in [-0.15, -0.1) is 12.4 Å². The number of aryl methyl sites for hydroxylation is 3. The van der Waals surface area contributed by atoms with Crippen molar-refractivity contribution in [2.24, 2.45) is 0 Å². The summed E-state index contributed by atoms with van der Waals surface area (Å²) >= 11 is 0. The van der Waals surface area contributed by atoms with Crippen LogP contribution in [0.3, 0.4) is 0 Å². The Morgan fingerprint density at radius 3 is 2.11 bits per heavy atom. The summed E-state index contributed by atoms with van der Waals surface area (Å²) in [4.78, 5) is 16.4. The first-order valence-corrected chi connectivity index (χ1v) is 14.2. The van der Waals surface area contributed by atoms with Crippen molar-refractivity contribution in [1.82, 2.24) is 4.90 Å². The molecule has 6 heteroatoms. The average molecular weight is 543 g/mol. The van der Waals surface area contributed by atoms with Crippen LogP contribution in [0.4, 0.5) is 5.69 Å². The average Bonchev–Trinajstić information content (AvgIpc) is 3.24. The molecule has 0 aliphatic carbocycles. The molecule has 0 saturated carbocycles. The Morgan fingerprint density at radius 2 is 1.50 bits per heavy atom. The van der Waals surface area contributed by atoms with E-state index in [-0.39, 0.29) is 18.2 Å². The van der Waals surface area contributed by atoms with E-state index in [0.29, 0.717) is 29.0 Å². The molecule has 0 aliphatic heterocycles. The maximum absolute atomic E-state index is 13.8. The smallest absolute Gasteiger partial charge is 0.197 e. The van der Waals surface area contributed by atoms with Crippen LogP contribution in [-0.2, 0) is 6.42 Å². The molecule has 3 rings (SSSR count). The van der Waals surface area contributed by atoms with Gasteiger partial charge in [-0.25, -0.2) is 0 Å². The standard InChI is InChI=1S/C32H46N2O3.ClH/c1-6-9-13-29-30(27-22-26(33)14-15-28(27)37-29)31(35)25-20-23(4)32(24(5)21-25)36-19-12-18-34(16-10-7-2)17-11-8-3;/h14-15,20-22H,6-13,16-19,33H2,1-5H3;1H. The van der Waals surface area contributed by atoms with Crippen LogP contribution in [0.5, 0.6) is 5.75 Å². The lowest BCUT2D eigenvalue weighted by atomic mass is 9.95. The van der Waals surface area contributed by atoms with E-state index < -0.39 is 0 Å². The number of nitrogens with zero attached hydrogens (tertiary/aromatic N) is 1. The molecule has 38 heavy (non-hydrogen) atoms. The van der Waals surface area contributed by atoms with E-state index >= 15 is 0 Å². The van der Waals surface area contributed by atoms with Crippen LogP contribution in [0.2, 0.25) is 0 Å². The number of carbonyl (C=O) groups excluding carboxylic acids is 1. The highest BCUT2D eigenvalue weighted by Crippen LogP contribution is 2.33. The van der Waals surface area contributed by atoms with E-state index in [2.05, 4.69) is 25.7 Å². The van der Waals surface area contributed by atoms with Gasteiger partial charge < -0.3 is 19.8 Å². The molecule has 0 saturated heterocycles. The number of furan rings is 1. The number of fused-ring (bicyclic) bond motifs is 1. The minimum atomic E-state index is -0.0179. The molecule has 2 N–H and O–H groups in total. The molecular weight excluding hydrogens is 496 g/mol. The molecule has 3 aromatic rings. The van der Waals surface area contributed by atoms with Crippen molar-refractivity contribution in [1.29, 1.82) is 0 Å². The largest absolute Gasteiger partial charge is 0.493 e. The zero-order valence-corrected chi connectivity index (χ0v) is 24.8. The molecule has 0 radical (unpaired) electrons. The Balaban J connectivity index is 0.00000507. The molecule has 2 aromatic carbocycles. The number of ketones is 1. The van der Waals surface area contributed by atoms with E-state index in [1.165, 1.54) is 38.8 Å². The van der Waals surface area contributed by atoms with Gasteiger partial charge in [-0.2, -0.15) is 0 Å².